The van der Waals surface area contributed by atoms with E-state index in [1.165, 1.54) is 15.0 Å². The van der Waals surface area contributed by atoms with E-state index < -0.39 is 0 Å². The van der Waals surface area contributed by atoms with Crippen LogP contribution < -0.4 is 5.73 Å². The molecule has 1 aromatic carbocycles. The van der Waals surface area contributed by atoms with Crippen molar-refractivity contribution in [1.82, 2.24) is 9.97 Å². The zero-order valence-electron chi connectivity index (χ0n) is 11.8. The van der Waals surface area contributed by atoms with E-state index in [9.17, 15) is 0 Å². The van der Waals surface area contributed by atoms with Gasteiger partial charge in [0.25, 0.3) is 0 Å². The molecule has 0 bridgehead atoms. The van der Waals surface area contributed by atoms with Crippen molar-refractivity contribution in [2.75, 3.05) is 0 Å². The Balaban J connectivity index is 1.93. The Hall–Kier alpha value is -1.65. The van der Waals surface area contributed by atoms with Crippen LogP contribution in [0.25, 0.3) is 20.7 Å². The van der Waals surface area contributed by atoms with Gasteiger partial charge in [-0.05, 0) is 23.4 Å². The number of nitrogens with one attached hydrogen (secondary N) is 1. The predicted octanol–water partition coefficient (Wildman–Crippen LogP) is 4.34. The average molecular weight is 285 g/mol. The molecular formula is C16H19N3S. The van der Waals surface area contributed by atoms with Crippen molar-refractivity contribution in [1.29, 1.82) is 0 Å². The molecule has 0 amide bonds. The Kier molecular flexibility index (Phi) is 3.59. The quantitative estimate of drug-likeness (QED) is 0.749. The van der Waals surface area contributed by atoms with Gasteiger partial charge in [0.2, 0.25) is 0 Å². The summed E-state index contributed by atoms with van der Waals surface area (Å²) in [4.78, 5) is 9.05. The minimum Gasteiger partial charge on any atom is -0.340 e. The van der Waals surface area contributed by atoms with Crippen molar-refractivity contribution >= 4 is 21.4 Å². The molecule has 0 saturated heterocycles. The second kappa shape index (κ2) is 5.38. The number of hydrogen-bond acceptors (Lipinski definition) is 3. The van der Waals surface area contributed by atoms with Crippen LogP contribution in [0.2, 0.25) is 0 Å². The molecule has 0 fully saturated rings. The number of nitrogens with two attached hydrogens (primary N) is 1. The van der Waals surface area contributed by atoms with E-state index in [-0.39, 0.29) is 6.04 Å². The van der Waals surface area contributed by atoms with Crippen LogP contribution in [-0.2, 0) is 0 Å². The van der Waals surface area contributed by atoms with Gasteiger partial charge < -0.3 is 10.7 Å². The Morgan fingerprint density at radius 3 is 2.90 bits per heavy atom. The van der Waals surface area contributed by atoms with E-state index in [4.69, 9.17) is 5.73 Å². The fourth-order valence-corrected chi connectivity index (χ4v) is 3.30. The second-order valence-corrected chi connectivity index (χ2v) is 6.33. The van der Waals surface area contributed by atoms with Crippen molar-refractivity contribution < 1.29 is 0 Å². The number of H-pyrrole nitrogens is 1. The third-order valence-electron chi connectivity index (χ3n) is 3.86. The Morgan fingerprint density at radius 1 is 1.35 bits per heavy atom. The van der Waals surface area contributed by atoms with Crippen LogP contribution in [0.4, 0.5) is 0 Å². The van der Waals surface area contributed by atoms with Gasteiger partial charge in [-0.25, -0.2) is 4.98 Å². The number of hydrogen-bond donors (Lipinski definition) is 2. The van der Waals surface area contributed by atoms with Gasteiger partial charge in [0.15, 0.2) is 0 Å². The minimum atomic E-state index is -0.0249. The first-order chi connectivity index (χ1) is 9.69. The molecule has 0 radical (unpaired) electrons. The summed E-state index contributed by atoms with van der Waals surface area (Å²) >= 11 is 1.78. The smallest absolute Gasteiger partial charge is 0.123 e. The molecule has 2 aromatic heterocycles. The zero-order valence-corrected chi connectivity index (χ0v) is 12.6. The summed E-state index contributed by atoms with van der Waals surface area (Å²) < 4.78 is 1.30. The number of thiophene rings is 1. The fourth-order valence-electron chi connectivity index (χ4n) is 2.27. The third-order valence-corrected chi connectivity index (χ3v) is 5.01. The molecule has 2 atom stereocenters. The fraction of sp³-hybridized carbons (Fsp3) is 0.312. The van der Waals surface area contributed by atoms with Gasteiger partial charge in [0.1, 0.15) is 5.82 Å². The molecule has 20 heavy (non-hydrogen) atoms. The van der Waals surface area contributed by atoms with Gasteiger partial charge in [0.05, 0.1) is 22.8 Å². The summed E-state index contributed by atoms with van der Waals surface area (Å²) in [6.45, 7) is 4.31. The first-order valence-corrected chi connectivity index (χ1v) is 7.80. The second-order valence-electron chi connectivity index (χ2n) is 5.24. The van der Waals surface area contributed by atoms with Gasteiger partial charge in [0, 0.05) is 4.70 Å². The molecule has 0 aliphatic rings. The summed E-state index contributed by atoms with van der Waals surface area (Å²) in [5.41, 5.74) is 7.28. The summed E-state index contributed by atoms with van der Waals surface area (Å²) in [5, 5.41) is 1.27. The van der Waals surface area contributed by atoms with Gasteiger partial charge in [-0.15, -0.1) is 11.3 Å². The Morgan fingerprint density at radius 2 is 2.15 bits per heavy atom. The lowest BCUT2D eigenvalue weighted by atomic mass is 10.00. The van der Waals surface area contributed by atoms with Crippen LogP contribution in [0.3, 0.4) is 0 Å². The summed E-state index contributed by atoms with van der Waals surface area (Å²) in [7, 11) is 0. The molecule has 3 aromatic rings. The molecule has 2 heterocycles. The first-order valence-electron chi connectivity index (χ1n) is 6.98. The first kappa shape index (κ1) is 13.3. The number of benzene rings is 1. The number of aromatic amines is 1. The lowest BCUT2D eigenvalue weighted by Crippen LogP contribution is -2.19. The molecular weight excluding hydrogens is 266 g/mol. The molecule has 0 aliphatic heterocycles. The zero-order chi connectivity index (χ0) is 14.1. The van der Waals surface area contributed by atoms with Gasteiger partial charge in [-0.2, -0.15) is 0 Å². The van der Waals surface area contributed by atoms with E-state index in [1.807, 2.05) is 6.20 Å². The van der Waals surface area contributed by atoms with Gasteiger partial charge in [-0.1, -0.05) is 38.5 Å². The maximum Gasteiger partial charge on any atom is 0.123 e. The molecule has 0 spiro atoms. The van der Waals surface area contributed by atoms with Crippen molar-refractivity contribution in [3.05, 3.63) is 42.4 Å². The van der Waals surface area contributed by atoms with E-state index >= 15 is 0 Å². The SMILES string of the molecule is CCC(C)C(N)c1ncc(-c2cc3ccccc3s2)[nH]1. The minimum absolute atomic E-state index is 0.0249. The topological polar surface area (TPSA) is 54.7 Å². The number of nitrogens with zero attached hydrogens (tertiary/aromatic N) is 1. The number of fused-ring (bicyclic) bond motifs is 1. The third kappa shape index (κ3) is 2.37. The summed E-state index contributed by atoms with van der Waals surface area (Å²) in [5.74, 6) is 1.31. The number of imidazole rings is 1. The van der Waals surface area contributed by atoms with Crippen molar-refractivity contribution in [3.8, 4) is 10.6 Å². The molecule has 0 aliphatic carbocycles. The molecule has 104 valence electrons. The van der Waals surface area contributed by atoms with Crippen LogP contribution in [0.1, 0.15) is 32.1 Å². The molecule has 3 rings (SSSR count). The molecule has 3 nitrogen and oxygen atoms in total. The highest BCUT2D eigenvalue weighted by atomic mass is 32.1. The highest BCUT2D eigenvalue weighted by Crippen LogP contribution is 2.33. The van der Waals surface area contributed by atoms with E-state index in [0.29, 0.717) is 5.92 Å². The maximum absolute atomic E-state index is 6.23. The lowest BCUT2D eigenvalue weighted by molar-refractivity contribution is 0.441. The van der Waals surface area contributed by atoms with E-state index in [1.54, 1.807) is 11.3 Å². The highest BCUT2D eigenvalue weighted by Gasteiger charge is 2.17. The normalized spacial score (nSPS) is 14.6. The Labute approximate surface area is 122 Å². The van der Waals surface area contributed by atoms with E-state index in [2.05, 4.69) is 54.1 Å². The standard InChI is InChI=1S/C16H19N3S/c1-3-10(2)15(17)16-18-9-12(19-16)14-8-11-6-4-5-7-13(11)20-14/h4-10,15H,3,17H2,1-2H3,(H,18,19). The average Bonchev–Trinajstić information content (AvgIpc) is 3.11. The van der Waals surface area contributed by atoms with Crippen LogP contribution >= 0.6 is 11.3 Å². The van der Waals surface area contributed by atoms with Gasteiger partial charge in [-0.3, -0.25) is 0 Å². The number of rotatable bonds is 4. The Bertz CT molecular complexity index is 680. The summed E-state index contributed by atoms with van der Waals surface area (Å²) in [6, 6.07) is 10.6. The van der Waals surface area contributed by atoms with Crippen LogP contribution in [0.15, 0.2) is 36.5 Å². The van der Waals surface area contributed by atoms with Crippen LogP contribution in [-0.4, -0.2) is 9.97 Å². The van der Waals surface area contributed by atoms with Crippen molar-refractivity contribution in [2.24, 2.45) is 11.7 Å². The largest absolute Gasteiger partial charge is 0.340 e. The highest BCUT2D eigenvalue weighted by molar-refractivity contribution is 7.22. The van der Waals surface area contributed by atoms with E-state index in [0.717, 1.165) is 17.9 Å². The number of aromatic nitrogens is 2. The molecule has 4 heteroatoms. The maximum atomic E-state index is 6.23. The van der Waals surface area contributed by atoms with Gasteiger partial charge >= 0.3 is 0 Å². The van der Waals surface area contributed by atoms with Crippen molar-refractivity contribution in [3.63, 3.8) is 0 Å². The molecule has 3 N–H and O–H groups in total. The predicted molar refractivity (Wildman–Crippen MR) is 85.8 cm³/mol. The van der Waals surface area contributed by atoms with Crippen molar-refractivity contribution in [2.45, 2.75) is 26.3 Å². The monoisotopic (exact) mass is 285 g/mol. The molecule has 2 unspecified atom stereocenters. The molecule has 0 saturated carbocycles. The van der Waals surface area contributed by atoms with Crippen LogP contribution in [0.5, 0.6) is 0 Å². The van der Waals surface area contributed by atoms with Crippen LogP contribution in [0, 0.1) is 5.92 Å². The lowest BCUT2D eigenvalue weighted by Gasteiger charge is -2.15. The summed E-state index contributed by atoms with van der Waals surface area (Å²) in [6.07, 6.45) is 2.95.